The highest BCUT2D eigenvalue weighted by Crippen LogP contribution is 2.38. The Bertz CT molecular complexity index is 1570. The van der Waals surface area contributed by atoms with Crippen LogP contribution < -0.4 is 29.3 Å². The SMILES string of the molecule is CCOC(=O)C1=C(C)N=c2sc(=Cc3ccc(N4CCCCC4)o3)c(=O)n2[C@H]1c1ccc2c(c1)OCO2. The van der Waals surface area contributed by atoms with Gasteiger partial charge in [-0.25, -0.2) is 9.79 Å². The maximum absolute atomic E-state index is 13.8. The molecule has 1 atom stereocenters. The van der Waals surface area contributed by atoms with Gasteiger partial charge in [0.25, 0.3) is 5.56 Å². The average Bonchev–Trinajstić information content (AvgIpc) is 3.63. The number of thiazole rings is 1. The Labute approximate surface area is 216 Å². The number of hydrogen-bond donors (Lipinski definition) is 0. The highest BCUT2D eigenvalue weighted by molar-refractivity contribution is 7.07. The van der Waals surface area contributed by atoms with E-state index in [0.29, 0.717) is 43.4 Å². The first kappa shape index (κ1) is 23.6. The van der Waals surface area contributed by atoms with E-state index in [1.807, 2.05) is 18.2 Å². The van der Waals surface area contributed by atoms with Crippen molar-refractivity contribution in [3.63, 3.8) is 0 Å². The molecule has 6 rings (SSSR count). The predicted molar refractivity (Wildman–Crippen MR) is 138 cm³/mol. The summed E-state index contributed by atoms with van der Waals surface area (Å²) in [5.41, 5.74) is 1.29. The van der Waals surface area contributed by atoms with E-state index in [1.54, 1.807) is 36.6 Å². The zero-order chi connectivity index (χ0) is 25.5. The minimum Gasteiger partial charge on any atom is -0.463 e. The van der Waals surface area contributed by atoms with Crippen LogP contribution >= 0.6 is 11.3 Å². The summed E-state index contributed by atoms with van der Waals surface area (Å²) in [6.07, 6.45) is 5.29. The molecule has 5 heterocycles. The van der Waals surface area contributed by atoms with Crippen LogP contribution in [0.4, 0.5) is 5.88 Å². The number of nitrogens with zero attached hydrogens (tertiary/aromatic N) is 3. The number of allylic oxidation sites excluding steroid dienone is 1. The first-order chi connectivity index (χ1) is 18.0. The largest absolute Gasteiger partial charge is 0.463 e. The van der Waals surface area contributed by atoms with Gasteiger partial charge in [0.1, 0.15) is 5.76 Å². The predicted octanol–water partition coefficient (Wildman–Crippen LogP) is 3.11. The smallest absolute Gasteiger partial charge is 0.338 e. The van der Waals surface area contributed by atoms with E-state index in [0.717, 1.165) is 31.8 Å². The molecule has 1 saturated heterocycles. The summed E-state index contributed by atoms with van der Waals surface area (Å²) >= 11 is 1.27. The number of furan rings is 1. The van der Waals surface area contributed by atoms with Crippen molar-refractivity contribution >= 4 is 29.3 Å². The molecule has 1 aromatic carbocycles. The van der Waals surface area contributed by atoms with Crippen molar-refractivity contribution in [2.75, 3.05) is 31.4 Å². The number of rotatable bonds is 5. The minimum absolute atomic E-state index is 0.129. The van der Waals surface area contributed by atoms with Crippen molar-refractivity contribution < 1.29 is 23.4 Å². The molecule has 3 aliphatic rings. The maximum atomic E-state index is 13.8. The van der Waals surface area contributed by atoms with Crippen molar-refractivity contribution in [3.8, 4) is 11.5 Å². The Balaban J connectivity index is 1.45. The molecule has 0 bridgehead atoms. The van der Waals surface area contributed by atoms with Crippen LogP contribution in [0.5, 0.6) is 11.5 Å². The fourth-order valence-electron chi connectivity index (χ4n) is 5.02. The lowest BCUT2D eigenvalue weighted by atomic mass is 9.95. The van der Waals surface area contributed by atoms with Gasteiger partial charge < -0.3 is 23.5 Å². The van der Waals surface area contributed by atoms with Gasteiger partial charge in [-0.15, -0.1) is 0 Å². The lowest BCUT2D eigenvalue weighted by molar-refractivity contribution is -0.139. The second-order valence-corrected chi connectivity index (χ2v) is 10.1. The molecule has 0 amide bonds. The molecule has 10 heteroatoms. The summed E-state index contributed by atoms with van der Waals surface area (Å²) in [4.78, 5) is 34.2. The van der Waals surface area contributed by atoms with Crippen LogP contribution in [-0.4, -0.2) is 37.0 Å². The molecule has 9 nitrogen and oxygen atoms in total. The van der Waals surface area contributed by atoms with Crippen LogP contribution in [0.1, 0.15) is 50.5 Å². The number of fused-ring (bicyclic) bond motifs is 2. The van der Waals surface area contributed by atoms with Gasteiger partial charge in [-0.3, -0.25) is 9.36 Å². The van der Waals surface area contributed by atoms with Crippen molar-refractivity contribution in [2.45, 2.75) is 39.2 Å². The number of benzene rings is 1. The molecule has 0 radical (unpaired) electrons. The molecule has 0 unspecified atom stereocenters. The molecular weight excluding hydrogens is 494 g/mol. The molecule has 0 spiro atoms. The van der Waals surface area contributed by atoms with E-state index in [4.69, 9.17) is 18.6 Å². The number of carbonyl (C=O) groups excluding carboxylic acids is 1. The number of ether oxygens (including phenoxy) is 3. The van der Waals surface area contributed by atoms with Crippen LogP contribution in [0.15, 0.2) is 55.8 Å². The van der Waals surface area contributed by atoms with Crippen LogP contribution in [0, 0.1) is 0 Å². The quantitative estimate of drug-likeness (QED) is 0.476. The number of esters is 1. The monoisotopic (exact) mass is 521 g/mol. The molecule has 0 N–H and O–H groups in total. The first-order valence-corrected chi connectivity index (χ1v) is 13.3. The van der Waals surface area contributed by atoms with Gasteiger partial charge in [-0.2, -0.15) is 0 Å². The van der Waals surface area contributed by atoms with Crippen molar-refractivity contribution in [2.24, 2.45) is 4.99 Å². The fraction of sp³-hybridized carbons (Fsp3) is 0.370. The molecule has 37 heavy (non-hydrogen) atoms. The lowest BCUT2D eigenvalue weighted by Crippen LogP contribution is -2.39. The minimum atomic E-state index is -0.715. The van der Waals surface area contributed by atoms with Gasteiger partial charge in [0, 0.05) is 25.2 Å². The number of carbonyl (C=O) groups is 1. The normalized spacial score (nSPS) is 19.1. The number of aromatic nitrogens is 1. The maximum Gasteiger partial charge on any atom is 0.338 e. The molecule has 3 aliphatic heterocycles. The van der Waals surface area contributed by atoms with Crippen LogP contribution in [0.25, 0.3) is 6.08 Å². The van der Waals surface area contributed by atoms with Crippen LogP contribution in [0.3, 0.4) is 0 Å². The van der Waals surface area contributed by atoms with Gasteiger partial charge in [0.05, 0.1) is 28.5 Å². The van der Waals surface area contributed by atoms with Crippen molar-refractivity contribution in [1.82, 2.24) is 4.57 Å². The number of piperidine rings is 1. The molecular formula is C27H27N3O6S. The van der Waals surface area contributed by atoms with E-state index < -0.39 is 12.0 Å². The highest BCUT2D eigenvalue weighted by atomic mass is 32.1. The fourth-order valence-corrected chi connectivity index (χ4v) is 6.05. The van der Waals surface area contributed by atoms with Crippen molar-refractivity contribution in [1.29, 1.82) is 0 Å². The summed E-state index contributed by atoms with van der Waals surface area (Å²) in [7, 11) is 0. The molecule has 0 aliphatic carbocycles. The average molecular weight is 522 g/mol. The molecule has 1 fully saturated rings. The first-order valence-electron chi connectivity index (χ1n) is 12.5. The topological polar surface area (TPSA) is 95.5 Å². The van der Waals surface area contributed by atoms with Gasteiger partial charge in [-0.05, 0) is 56.9 Å². The van der Waals surface area contributed by atoms with E-state index in [1.165, 1.54) is 17.8 Å². The molecule has 192 valence electrons. The van der Waals surface area contributed by atoms with Gasteiger partial charge in [-0.1, -0.05) is 17.4 Å². The Morgan fingerprint density at radius 1 is 1.16 bits per heavy atom. The number of hydrogen-bond acceptors (Lipinski definition) is 9. The standard InChI is InChI=1S/C27H27N3O6S/c1-3-33-26(32)23-16(2)28-27-30(24(23)17-7-9-19-20(13-17)35-15-34-19)25(31)21(37-27)14-18-8-10-22(36-18)29-11-5-4-6-12-29/h7-10,13-14,24H,3-6,11-12,15H2,1-2H3/t24-/m0/s1. The van der Waals surface area contributed by atoms with E-state index in [9.17, 15) is 9.59 Å². The molecule has 3 aromatic rings. The van der Waals surface area contributed by atoms with Crippen LogP contribution in [-0.2, 0) is 9.53 Å². The summed E-state index contributed by atoms with van der Waals surface area (Å²) in [5.74, 6) is 2.11. The Morgan fingerprint density at radius 3 is 2.78 bits per heavy atom. The zero-order valence-corrected chi connectivity index (χ0v) is 21.5. The van der Waals surface area contributed by atoms with Gasteiger partial charge >= 0.3 is 5.97 Å². The Hall–Kier alpha value is -3.79. The van der Waals surface area contributed by atoms with E-state index >= 15 is 0 Å². The number of anilines is 1. The van der Waals surface area contributed by atoms with Crippen LogP contribution in [0.2, 0.25) is 0 Å². The van der Waals surface area contributed by atoms with E-state index in [2.05, 4.69) is 9.89 Å². The summed E-state index contributed by atoms with van der Waals surface area (Å²) in [5, 5.41) is 0. The molecule has 0 saturated carbocycles. The molecule has 2 aromatic heterocycles. The third kappa shape index (κ3) is 4.25. The third-order valence-electron chi connectivity index (χ3n) is 6.78. The zero-order valence-electron chi connectivity index (χ0n) is 20.7. The van der Waals surface area contributed by atoms with E-state index in [-0.39, 0.29) is 19.0 Å². The second-order valence-electron chi connectivity index (χ2n) is 9.14. The highest BCUT2D eigenvalue weighted by Gasteiger charge is 2.34. The Kier molecular flexibility index (Phi) is 6.11. The summed E-state index contributed by atoms with van der Waals surface area (Å²) < 4.78 is 24.5. The summed E-state index contributed by atoms with van der Waals surface area (Å²) in [6, 6.07) is 8.55. The van der Waals surface area contributed by atoms with Crippen molar-refractivity contribution in [3.05, 3.63) is 72.6 Å². The van der Waals surface area contributed by atoms with Gasteiger partial charge in [0.2, 0.25) is 6.79 Å². The summed E-state index contributed by atoms with van der Waals surface area (Å²) in [6.45, 7) is 5.80. The second kappa shape index (κ2) is 9.59. The third-order valence-corrected chi connectivity index (χ3v) is 7.77. The van der Waals surface area contributed by atoms with Gasteiger partial charge in [0.15, 0.2) is 22.2 Å². The lowest BCUT2D eigenvalue weighted by Gasteiger charge is -2.25. The Morgan fingerprint density at radius 2 is 1.97 bits per heavy atom.